The quantitative estimate of drug-likeness (QED) is 0.230. The van der Waals surface area contributed by atoms with Gasteiger partial charge in [0.05, 0.1) is 40.9 Å². The number of benzene rings is 3. The molecule has 9 nitrogen and oxygen atoms in total. The first-order valence-electron chi connectivity index (χ1n) is 14.4. The van der Waals surface area contributed by atoms with Gasteiger partial charge in [-0.3, -0.25) is 13.8 Å². The van der Waals surface area contributed by atoms with Crippen molar-refractivity contribution in [1.82, 2.24) is 20.4 Å². The van der Waals surface area contributed by atoms with Crippen LogP contribution in [0.3, 0.4) is 0 Å². The number of nitrogens with zero attached hydrogens (tertiary/aromatic N) is 3. The van der Waals surface area contributed by atoms with E-state index in [2.05, 4.69) is 15.7 Å². The lowest BCUT2D eigenvalue weighted by molar-refractivity contribution is -0.137. The van der Waals surface area contributed by atoms with Gasteiger partial charge in [-0.05, 0) is 49.1 Å². The van der Waals surface area contributed by atoms with Crippen molar-refractivity contribution in [2.75, 3.05) is 23.1 Å². The third-order valence-electron chi connectivity index (χ3n) is 7.69. The zero-order valence-electron chi connectivity index (χ0n) is 24.1. The molecule has 0 saturated carbocycles. The number of anilines is 1. The summed E-state index contributed by atoms with van der Waals surface area (Å²) in [5.74, 6) is -0.488. The average Bonchev–Trinajstić information content (AvgIpc) is 3.58. The van der Waals surface area contributed by atoms with Gasteiger partial charge in [0.2, 0.25) is 10.0 Å². The van der Waals surface area contributed by atoms with Gasteiger partial charge in [0.1, 0.15) is 0 Å². The molecule has 1 amide bonds. The third-order valence-corrected chi connectivity index (χ3v) is 9.54. The van der Waals surface area contributed by atoms with E-state index in [1.165, 1.54) is 10.4 Å². The Labute approximate surface area is 253 Å². The Hall–Kier alpha value is -3.94. The molecule has 1 fully saturated rings. The lowest BCUT2D eigenvalue weighted by Gasteiger charge is -2.25. The molecule has 44 heavy (non-hydrogen) atoms. The number of hydrogen-bond acceptors (Lipinski definition) is 6. The van der Waals surface area contributed by atoms with Gasteiger partial charge in [-0.15, -0.1) is 0 Å². The van der Waals surface area contributed by atoms with E-state index in [0.717, 1.165) is 17.7 Å². The molecule has 0 aliphatic carbocycles. The van der Waals surface area contributed by atoms with Crippen LogP contribution in [-0.2, 0) is 35.7 Å². The maximum atomic E-state index is 13.7. The number of sulfonamides is 1. The van der Waals surface area contributed by atoms with E-state index >= 15 is 0 Å². The standard InChI is InChI=1S/C31H34F3N5O4S/c1-2-38-27-16-23(17-28(25(27)19-36-38)39-12-7-13-44(39,42)43)30(41)37-26(15-21-8-4-3-5-9-21)29(40)20-35-18-22-10-6-11-24(14-22)31(32,33)34/h3-6,8-11,14,16-17,19,26,29,35,40H,2,7,12-13,15,18,20H2,1H3,(H,37,41)/t26-,29+/m0/s1. The van der Waals surface area contributed by atoms with Crippen LogP contribution < -0.4 is 14.9 Å². The van der Waals surface area contributed by atoms with E-state index in [9.17, 15) is 31.5 Å². The minimum Gasteiger partial charge on any atom is -0.390 e. The van der Waals surface area contributed by atoms with Crippen molar-refractivity contribution >= 4 is 32.5 Å². The fraction of sp³-hybridized carbons (Fsp3) is 0.355. The number of halogens is 3. The smallest absolute Gasteiger partial charge is 0.390 e. The van der Waals surface area contributed by atoms with Crippen LogP contribution in [0, 0.1) is 0 Å². The molecular formula is C31H34F3N5O4S. The van der Waals surface area contributed by atoms with Gasteiger partial charge in [-0.25, -0.2) is 8.42 Å². The molecule has 2 atom stereocenters. The Morgan fingerprint density at radius 3 is 2.50 bits per heavy atom. The number of hydrogen-bond donors (Lipinski definition) is 3. The summed E-state index contributed by atoms with van der Waals surface area (Å²) in [7, 11) is -3.54. The largest absolute Gasteiger partial charge is 0.416 e. The van der Waals surface area contributed by atoms with Gasteiger partial charge in [0.15, 0.2) is 0 Å². The number of carbonyl (C=O) groups is 1. The second-order valence-corrected chi connectivity index (χ2v) is 12.8. The van der Waals surface area contributed by atoms with Crippen molar-refractivity contribution in [1.29, 1.82) is 0 Å². The van der Waals surface area contributed by atoms with Crippen molar-refractivity contribution in [3.63, 3.8) is 0 Å². The van der Waals surface area contributed by atoms with Gasteiger partial charge in [0.25, 0.3) is 5.91 Å². The molecule has 13 heteroatoms. The average molecular weight is 630 g/mol. The van der Waals surface area contributed by atoms with Crippen LogP contribution in [0.5, 0.6) is 0 Å². The van der Waals surface area contributed by atoms with Crippen LogP contribution in [0.15, 0.2) is 72.9 Å². The number of carbonyl (C=O) groups excluding carboxylic acids is 1. The third kappa shape index (κ3) is 7.06. The van der Waals surface area contributed by atoms with E-state index in [0.29, 0.717) is 41.7 Å². The first-order valence-corrected chi connectivity index (χ1v) is 16.0. The summed E-state index contributed by atoms with van der Waals surface area (Å²) in [5.41, 5.74) is 1.72. The first-order chi connectivity index (χ1) is 21.0. The van der Waals surface area contributed by atoms with Crippen molar-refractivity contribution < 1.29 is 31.5 Å². The second-order valence-electron chi connectivity index (χ2n) is 10.8. The second kappa shape index (κ2) is 13.0. The maximum Gasteiger partial charge on any atom is 0.416 e. The normalized spacial score (nSPS) is 16.2. The molecule has 0 radical (unpaired) electrons. The highest BCUT2D eigenvalue weighted by Gasteiger charge is 2.32. The highest BCUT2D eigenvalue weighted by molar-refractivity contribution is 7.93. The monoisotopic (exact) mass is 629 g/mol. The summed E-state index contributed by atoms with van der Waals surface area (Å²) in [6.45, 7) is 2.77. The number of amides is 1. The number of rotatable bonds is 11. The van der Waals surface area contributed by atoms with Crippen LogP contribution in [0.25, 0.3) is 10.9 Å². The fourth-order valence-electron chi connectivity index (χ4n) is 5.43. The fourth-order valence-corrected chi connectivity index (χ4v) is 7.00. The number of fused-ring (bicyclic) bond motifs is 1. The number of aromatic nitrogens is 2. The predicted molar refractivity (Wildman–Crippen MR) is 162 cm³/mol. The molecule has 1 aliphatic heterocycles. The zero-order chi connectivity index (χ0) is 31.5. The highest BCUT2D eigenvalue weighted by atomic mass is 32.2. The van der Waals surface area contributed by atoms with Crippen molar-refractivity contribution in [2.24, 2.45) is 0 Å². The topological polar surface area (TPSA) is 117 Å². The molecule has 3 N–H and O–H groups in total. The maximum absolute atomic E-state index is 13.7. The van der Waals surface area contributed by atoms with E-state index in [1.54, 1.807) is 29.1 Å². The summed E-state index contributed by atoms with van der Waals surface area (Å²) in [4.78, 5) is 13.7. The Morgan fingerprint density at radius 2 is 1.82 bits per heavy atom. The van der Waals surface area contributed by atoms with Crippen LogP contribution in [0.1, 0.15) is 40.4 Å². The summed E-state index contributed by atoms with van der Waals surface area (Å²) in [5, 5.41) is 22.1. The van der Waals surface area contributed by atoms with Crippen molar-refractivity contribution in [2.45, 2.75) is 51.2 Å². The Bertz CT molecular complexity index is 1730. The van der Waals surface area contributed by atoms with Crippen LogP contribution in [0.4, 0.5) is 18.9 Å². The number of alkyl halides is 3. The molecule has 5 rings (SSSR count). The Balaban J connectivity index is 1.38. The van der Waals surface area contributed by atoms with Crippen molar-refractivity contribution in [3.8, 4) is 0 Å². The van der Waals surface area contributed by atoms with E-state index in [-0.39, 0.29) is 30.8 Å². The molecular weight excluding hydrogens is 595 g/mol. The summed E-state index contributed by atoms with van der Waals surface area (Å²) in [6.07, 6.45) is -3.21. The molecule has 1 aromatic heterocycles. The minimum absolute atomic E-state index is 0.00701. The molecule has 4 aromatic rings. The predicted octanol–water partition coefficient (Wildman–Crippen LogP) is 4.11. The van der Waals surface area contributed by atoms with Crippen molar-refractivity contribution in [3.05, 3.63) is 95.2 Å². The number of nitrogens with one attached hydrogen (secondary N) is 2. The Kier molecular flexibility index (Phi) is 9.28. The zero-order valence-corrected chi connectivity index (χ0v) is 24.9. The number of aliphatic hydroxyl groups is 1. The molecule has 2 heterocycles. The first kappa shape index (κ1) is 31.5. The molecule has 234 valence electrons. The highest BCUT2D eigenvalue weighted by Crippen LogP contribution is 2.33. The molecule has 1 saturated heterocycles. The van der Waals surface area contributed by atoms with Gasteiger partial charge >= 0.3 is 6.18 Å². The molecule has 0 spiro atoms. The van der Waals surface area contributed by atoms with E-state index in [4.69, 9.17) is 0 Å². The van der Waals surface area contributed by atoms with Crippen LogP contribution in [-0.4, -0.2) is 60.2 Å². The van der Waals surface area contributed by atoms with Crippen LogP contribution >= 0.6 is 0 Å². The van der Waals surface area contributed by atoms with Crippen LogP contribution in [0.2, 0.25) is 0 Å². The van der Waals surface area contributed by atoms with E-state index < -0.39 is 39.8 Å². The molecule has 0 bridgehead atoms. The van der Waals surface area contributed by atoms with E-state index in [1.807, 2.05) is 37.3 Å². The molecule has 3 aromatic carbocycles. The minimum atomic E-state index is -4.46. The number of aliphatic hydroxyl groups excluding tert-OH is 1. The van der Waals surface area contributed by atoms with Gasteiger partial charge in [0, 0.05) is 37.1 Å². The van der Waals surface area contributed by atoms with Gasteiger partial charge in [-0.1, -0.05) is 48.5 Å². The Morgan fingerprint density at radius 1 is 1.07 bits per heavy atom. The molecule has 0 unspecified atom stereocenters. The molecule has 1 aliphatic rings. The SMILES string of the molecule is CCn1ncc2c(N3CCCS3(=O)=O)cc(C(=O)N[C@@H](Cc3ccccc3)[C@H](O)CNCc3cccc(C(F)(F)F)c3)cc21. The van der Waals surface area contributed by atoms with Gasteiger partial charge < -0.3 is 15.7 Å². The number of aryl methyl sites for hydroxylation is 1. The summed E-state index contributed by atoms with van der Waals surface area (Å²) < 4.78 is 68.0. The lowest BCUT2D eigenvalue weighted by Crippen LogP contribution is -2.48. The lowest BCUT2D eigenvalue weighted by atomic mass is 10.00. The summed E-state index contributed by atoms with van der Waals surface area (Å²) in [6, 6.07) is 16.6. The summed E-state index contributed by atoms with van der Waals surface area (Å²) >= 11 is 0. The van der Waals surface area contributed by atoms with Gasteiger partial charge in [-0.2, -0.15) is 18.3 Å².